The van der Waals surface area contributed by atoms with Gasteiger partial charge >= 0.3 is 0 Å². The number of amides is 1. The first-order valence-electron chi connectivity index (χ1n) is 4.75. The average molecular weight is 240 g/mol. The second-order valence-electron chi connectivity index (χ2n) is 3.39. The number of aliphatic hydroxyl groups is 1. The smallest absolute Gasteiger partial charge is 0.287 e. The highest BCUT2D eigenvalue weighted by atomic mass is 19.3. The van der Waals surface area contributed by atoms with Crippen LogP contribution in [0.3, 0.4) is 0 Å². The number of aliphatic hydroxyl groups excluding tert-OH is 1. The van der Waals surface area contributed by atoms with Gasteiger partial charge in [0.15, 0.2) is 0 Å². The first kappa shape index (κ1) is 13.1. The molecule has 0 saturated carbocycles. The van der Waals surface area contributed by atoms with Gasteiger partial charge in [-0.25, -0.2) is 8.78 Å². The van der Waals surface area contributed by atoms with Crippen LogP contribution in [0.2, 0.25) is 0 Å². The van der Waals surface area contributed by atoms with Crippen LogP contribution in [0.4, 0.5) is 8.78 Å². The summed E-state index contributed by atoms with van der Waals surface area (Å²) in [6.07, 6.45) is 0. The Hall–Kier alpha value is -2.00. The van der Waals surface area contributed by atoms with Crippen molar-refractivity contribution >= 4 is 5.91 Å². The van der Waals surface area contributed by atoms with Crippen LogP contribution in [0.15, 0.2) is 24.3 Å². The minimum absolute atomic E-state index is 0.178. The standard InChI is InChI=1S/C11H10F2N2O2/c12-11(13,7-16)6-15-10(17)9-3-1-8(5-14)2-4-9/h1-4,16H,6-7H2,(H,15,17). The number of hydrogen-bond donors (Lipinski definition) is 2. The number of carbonyl (C=O) groups excluding carboxylic acids is 1. The van der Waals surface area contributed by atoms with Crippen molar-refractivity contribution in [1.29, 1.82) is 5.26 Å². The molecule has 0 aliphatic heterocycles. The lowest BCUT2D eigenvalue weighted by atomic mass is 10.1. The second kappa shape index (κ2) is 5.37. The highest BCUT2D eigenvalue weighted by Gasteiger charge is 2.28. The molecule has 6 heteroatoms. The van der Waals surface area contributed by atoms with Gasteiger partial charge in [0.25, 0.3) is 11.8 Å². The predicted octanol–water partition coefficient (Wildman–Crippen LogP) is 0.916. The molecule has 0 heterocycles. The number of nitrogens with one attached hydrogen (secondary N) is 1. The van der Waals surface area contributed by atoms with E-state index in [0.29, 0.717) is 5.56 Å². The summed E-state index contributed by atoms with van der Waals surface area (Å²) in [5, 5.41) is 18.8. The predicted molar refractivity (Wildman–Crippen MR) is 55.5 cm³/mol. The third-order valence-corrected chi connectivity index (χ3v) is 2.02. The summed E-state index contributed by atoms with van der Waals surface area (Å²) in [5.41, 5.74) is 0.556. The Kier molecular flexibility index (Phi) is 4.12. The SMILES string of the molecule is N#Cc1ccc(C(=O)NCC(F)(F)CO)cc1. The molecule has 0 atom stereocenters. The van der Waals surface area contributed by atoms with Crippen molar-refractivity contribution in [3.05, 3.63) is 35.4 Å². The number of rotatable bonds is 4. The van der Waals surface area contributed by atoms with Gasteiger partial charge in [-0.1, -0.05) is 0 Å². The Morgan fingerprint density at radius 2 is 2.00 bits per heavy atom. The Labute approximate surface area is 96.5 Å². The van der Waals surface area contributed by atoms with Crippen molar-refractivity contribution in [2.45, 2.75) is 5.92 Å². The van der Waals surface area contributed by atoms with E-state index in [4.69, 9.17) is 10.4 Å². The fourth-order valence-electron chi connectivity index (χ4n) is 1.06. The van der Waals surface area contributed by atoms with Crippen molar-refractivity contribution in [3.8, 4) is 6.07 Å². The number of halogens is 2. The van der Waals surface area contributed by atoms with Crippen LogP contribution >= 0.6 is 0 Å². The highest BCUT2D eigenvalue weighted by molar-refractivity contribution is 5.94. The maximum Gasteiger partial charge on any atom is 0.287 e. The summed E-state index contributed by atoms with van der Waals surface area (Å²) in [6.45, 7) is -2.25. The van der Waals surface area contributed by atoms with Crippen molar-refractivity contribution < 1.29 is 18.7 Å². The fourth-order valence-corrected chi connectivity index (χ4v) is 1.06. The fraction of sp³-hybridized carbons (Fsp3) is 0.273. The molecule has 1 amide bonds. The molecule has 0 spiro atoms. The van der Waals surface area contributed by atoms with Crippen molar-refractivity contribution in [1.82, 2.24) is 5.32 Å². The van der Waals surface area contributed by atoms with Crippen LogP contribution in [-0.2, 0) is 0 Å². The molecule has 2 N–H and O–H groups in total. The number of alkyl halides is 2. The minimum atomic E-state index is -3.33. The number of nitriles is 1. The zero-order valence-corrected chi connectivity index (χ0v) is 8.78. The largest absolute Gasteiger partial charge is 0.390 e. The normalized spacial score (nSPS) is 10.7. The van der Waals surface area contributed by atoms with E-state index < -0.39 is 25.0 Å². The van der Waals surface area contributed by atoms with Crippen molar-refractivity contribution in [3.63, 3.8) is 0 Å². The molecule has 0 bridgehead atoms. The molecule has 0 aliphatic rings. The summed E-state index contributed by atoms with van der Waals surface area (Å²) >= 11 is 0. The van der Waals surface area contributed by atoms with Gasteiger partial charge in [-0.05, 0) is 24.3 Å². The highest BCUT2D eigenvalue weighted by Crippen LogP contribution is 2.10. The van der Waals surface area contributed by atoms with Gasteiger partial charge in [-0.15, -0.1) is 0 Å². The zero-order chi connectivity index (χ0) is 12.9. The van der Waals surface area contributed by atoms with Gasteiger partial charge in [0.05, 0.1) is 18.2 Å². The molecule has 1 rings (SSSR count). The van der Waals surface area contributed by atoms with E-state index >= 15 is 0 Å². The molecule has 0 radical (unpaired) electrons. The van der Waals surface area contributed by atoms with Gasteiger partial charge in [0.1, 0.15) is 6.61 Å². The lowest BCUT2D eigenvalue weighted by Gasteiger charge is -2.13. The van der Waals surface area contributed by atoms with E-state index in [9.17, 15) is 13.6 Å². The Morgan fingerprint density at radius 3 is 2.47 bits per heavy atom. The number of nitrogens with zero attached hydrogens (tertiary/aromatic N) is 1. The molecule has 0 aliphatic carbocycles. The molecular formula is C11H10F2N2O2. The first-order valence-corrected chi connectivity index (χ1v) is 4.75. The van der Waals surface area contributed by atoms with E-state index in [1.165, 1.54) is 24.3 Å². The molecule has 0 aromatic heterocycles. The summed E-state index contributed by atoms with van der Waals surface area (Å²) < 4.78 is 25.3. The van der Waals surface area contributed by atoms with E-state index in [-0.39, 0.29) is 5.56 Å². The monoisotopic (exact) mass is 240 g/mol. The van der Waals surface area contributed by atoms with E-state index in [2.05, 4.69) is 0 Å². The molecule has 0 fully saturated rings. The topological polar surface area (TPSA) is 73.1 Å². The van der Waals surface area contributed by atoms with Gasteiger partial charge in [0, 0.05) is 5.56 Å². The summed E-state index contributed by atoms with van der Waals surface area (Å²) in [5.74, 6) is -4.01. The third kappa shape index (κ3) is 3.81. The number of carbonyl (C=O) groups is 1. The number of benzene rings is 1. The van der Waals surface area contributed by atoms with Crippen LogP contribution < -0.4 is 5.32 Å². The van der Waals surface area contributed by atoms with E-state index in [0.717, 1.165) is 0 Å². The molecule has 90 valence electrons. The molecule has 17 heavy (non-hydrogen) atoms. The third-order valence-electron chi connectivity index (χ3n) is 2.02. The Morgan fingerprint density at radius 1 is 1.41 bits per heavy atom. The minimum Gasteiger partial charge on any atom is -0.390 e. The van der Waals surface area contributed by atoms with Crippen LogP contribution in [0.25, 0.3) is 0 Å². The van der Waals surface area contributed by atoms with Crippen LogP contribution in [0.1, 0.15) is 15.9 Å². The van der Waals surface area contributed by atoms with Crippen LogP contribution in [0.5, 0.6) is 0 Å². The maximum absolute atomic E-state index is 12.6. The lowest BCUT2D eigenvalue weighted by molar-refractivity contribution is -0.0462. The van der Waals surface area contributed by atoms with Crippen LogP contribution in [0, 0.1) is 11.3 Å². The van der Waals surface area contributed by atoms with Crippen molar-refractivity contribution in [2.24, 2.45) is 0 Å². The molecule has 4 nitrogen and oxygen atoms in total. The summed E-state index contributed by atoms with van der Waals surface area (Å²) in [7, 11) is 0. The van der Waals surface area contributed by atoms with E-state index in [1.807, 2.05) is 11.4 Å². The van der Waals surface area contributed by atoms with Crippen LogP contribution in [-0.4, -0.2) is 30.1 Å². The first-order chi connectivity index (χ1) is 7.98. The summed E-state index contributed by atoms with van der Waals surface area (Å²) in [6, 6.07) is 7.44. The van der Waals surface area contributed by atoms with Gasteiger partial charge < -0.3 is 10.4 Å². The second-order valence-corrected chi connectivity index (χ2v) is 3.39. The molecular weight excluding hydrogens is 230 g/mol. The molecule has 0 saturated heterocycles. The zero-order valence-electron chi connectivity index (χ0n) is 8.78. The Balaban J connectivity index is 2.62. The average Bonchev–Trinajstić information content (AvgIpc) is 2.36. The maximum atomic E-state index is 12.6. The van der Waals surface area contributed by atoms with Crippen molar-refractivity contribution in [2.75, 3.05) is 13.2 Å². The van der Waals surface area contributed by atoms with E-state index in [1.54, 1.807) is 0 Å². The quantitative estimate of drug-likeness (QED) is 0.821. The lowest BCUT2D eigenvalue weighted by Crippen LogP contribution is -2.38. The van der Waals surface area contributed by atoms with Gasteiger partial charge in [-0.2, -0.15) is 5.26 Å². The van der Waals surface area contributed by atoms with Gasteiger partial charge in [-0.3, -0.25) is 4.79 Å². The molecule has 1 aromatic rings. The molecule has 1 aromatic carbocycles. The number of hydrogen-bond acceptors (Lipinski definition) is 3. The van der Waals surface area contributed by atoms with Gasteiger partial charge in [0.2, 0.25) is 0 Å². The summed E-state index contributed by atoms with van der Waals surface area (Å²) in [4.78, 5) is 11.4. The molecule has 0 unspecified atom stereocenters. The Bertz CT molecular complexity index is 438.